The van der Waals surface area contributed by atoms with E-state index in [4.69, 9.17) is 0 Å². The maximum Gasteiger partial charge on any atom is 0.270 e. The van der Waals surface area contributed by atoms with Gasteiger partial charge in [-0.25, -0.2) is 4.98 Å². The first-order valence-electron chi connectivity index (χ1n) is 11.0. The molecule has 1 saturated carbocycles. The molecule has 0 radical (unpaired) electrons. The maximum absolute atomic E-state index is 13.2. The fourth-order valence-corrected chi connectivity index (χ4v) is 4.25. The summed E-state index contributed by atoms with van der Waals surface area (Å²) in [6.07, 6.45) is 16.8. The van der Waals surface area contributed by atoms with Gasteiger partial charge in [-0.05, 0) is 37.8 Å². The van der Waals surface area contributed by atoms with E-state index in [1.54, 1.807) is 0 Å². The van der Waals surface area contributed by atoms with Gasteiger partial charge in [-0.1, -0.05) is 70.8 Å². The molecule has 0 unspecified atom stereocenters. The number of carbonyl (C=O) groups is 1. The minimum absolute atomic E-state index is 0.0436. The topological polar surface area (TPSA) is 46.4 Å². The maximum atomic E-state index is 13.2. The van der Waals surface area contributed by atoms with Crippen molar-refractivity contribution < 1.29 is 4.79 Å². The van der Waals surface area contributed by atoms with E-state index in [9.17, 15) is 4.79 Å². The molecule has 0 saturated heterocycles. The molecule has 1 aliphatic carbocycles. The highest BCUT2D eigenvalue weighted by molar-refractivity contribution is 5.95. The molecular formula is C23H35N3O. The zero-order valence-electron chi connectivity index (χ0n) is 17.1. The van der Waals surface area contributed by atoms with Crippen molar-refractivity contribution in [3.8, 4) is 0 Å². The van der Waals surface area contributed by atoms with E-state index in [2.05, 4.69) is 30.2 Å². The summed E-state index contributed by atoms with van der Waals surface area (Å²) in [4.78, 5) is 17.9. The van der Waals surface area contributed by atoms with Crippen LogP contribution in [0.15, 0.2) is 18.3 Å². The Labute approximate surface area is 163 Å². The van der Waals surface area contributed by atoms with Crippen LogP contribution in [0.25, 0.3) is 5.65 Å². The molecule has 0 aliphatic heterocycles. The summed E-state index contributed by atoms with van der Waals surface area (Å²) in [5, 5.41) is 3.36. The second kappa shape index (κ2) is 9.91. The van der Waals surface area contributed by atoms with Crippen molar-refractivity contribution >= 4 is 11.6 Å². The fraction of sp³-hybridized carbons (Fsp3) is 0.652. The predicted octanol–water partition coefficient (Wildman–Crippen LogP) is 5.61. The summed E-state index contributed by atoms with van der Waals surface area (Å²) < 4.78 is 1.97. The Bertz CT molecular complexity index is 737. The normalized spacial score (nSPS) is 18.0. The van der Waals surface area contributed by atoms with Crippen molar-refractivity contribution in [2.24, 2.45) is 0 Å². The van der Waals surface area contributed by atoms with Crippen LogP contribution in [0.1, 0.15) is 99.3 Å². The zero-order valence-corrected chi connectivity index (χ0v) is 17.1. The molecule has 2 heterocycles. The number of imidazole rings is 1. The number of hydrogen-bond acceptors (Lipinski definition) is 2. The van der Waals surface area contributed by atoms with Crippen LogP contribution in [0.4, 0.5) is 0 Å². The molecular weight excluding hydrogens is 334 g/mol. The third kappa shape index (κ3) is 5.33. The molecule has 0 atom stereocenters. The van der Waals surface area contributed by atoms with E-state index in [-0.39, 0.29) is 11.9 Å². The highest BCUT2D eigenvalue weighted by Crippen LogP contribution is 2.19. The van der Waals surface area contributed by atoms with E-state index in [0.29, 0.717) is 0 Å². The van der Waals surface area contributed by atoms with Crippen LogP contribution in [0.3, 0.4) is 0 Å². The number of aryl methyl sites for hydroxylation is 2. The highest BCUT2D eigenvalue weighted by Gasteiger charge is 2.21. The van der Waals surface area contributed by atoms with Crippen molar-refractivity contribution in [3.05, 3.63) is 35.3 Å². The number of carbonyl (C=O) groups excluding carboxylic acids is 1. The predicted molar refractivity (Wildman–Crippen MR) is 111 cm³/mol. The standard InChI is InChI=1S/C23H35N3O/c1-3-20-22(26-17-18(2)15-16-21(26)25-20)23(27)24-19-13-11-9-7-5-4-6-8-10-12-14-19/h15-17,19H,3-14H2,1-2H3,(H,24,27). The first-order chi connectivity index (χ1) is 13.2. The molecule has 4 nitrogen and oxygen atoms in total. The Balaban J connectivity index is 1.74. The number of fused-ring (bicyclic) bond motifs is 1. The Kier molecular flexibility index (Phi) is 7.31. The molecule has 1 fully saturated rings. The van der Waals surface area contributed by atoms with Crippen LogP contribution >= 0.6 is 0 Å². The number of rotatable bonds is 3. The molecule has 2 aromatic heterocycles. The van der Waals surface area contributed by atoms with Gasteiger partial charge in [0.1, 0.15) is 11.3 Å². The van der Waals surface area contributed by atoms with Crippen molar-refractivity contribution in [2.45, 2.75) is 96.9 Å². The molecule has 1 amide bonds. The fourth-order valence-electron chi connectivity index (χ4n) is 4.25. The van der Waals surface area contributed by atoms with Crippen LogP contribution in [-0.2, 0) is 6.42 Å². The Hall–Kier alpha value is -1.84. The first-order valence-corrected chi connectivity index (χ1v) is 11.0. The summed E-state index contributed by atoms with van der Waals surface area (Å²) in [6, 6.07) is 4.34. The lowest BCUT2D eigenvalue weighted by Crippen LogP contribution is -2.36. The summed E-state index contributed by atoms with van der Waals surface area (Å²) in [7, 11) is 0. The molecule has 0 spiro atoms. The number of pyridine rings is 1. The summed E-state index contributed by atoms with van der Waals surface area (Å²) in [5.41, 5.74) is 3.62. The van der Waals surface area contributed by atoms with E-state index in [1.807, 2.05) is 16.7 Å². The van der Waals surface area contributed by atoms with Gasteiger partial charge in [0.15, 0.2) is 0 Å². The van der Waals surface area contributed by atoms with Crippen molar-refractivity contribution in [3.63, 3.8) is 0 Å². The number of hydrogen-bond donors (Lipinski definition) is 1. The summed E-state index contributed by atoms with van der Waals surface area (Å²) >= 11 is 0. The van der Waals surface area contributed by atoms with Gasteiger partial charge in [0.2, 0.25) is 0 Å². The van der Waals surface area contributed by atoms with Gasteiger partial charge < -0.3 is 5.32 Å². The number of amides is 1. The molecule has 2 aromatic rings. The molecule has 0 aromatic carbocycles. The van der Waals surface area contributed by atoms with Crippen molar-refractivity contribution in [2.75, 3.05) is 0 Å². The first kappa shape index (κ1) is 19.9. The Morgan fingerprint density at radius 3 is 2.22 bits per heavy atom. The lowest BCUT2D eigenvalue weighted by molar-refractivity contribution is 0.0924. The highest BCUT2D eigenvalue weighted by atomic mass is 16.2. The second-order valence-corrected chi connectivity index (χ2v) is 8.13. The van der Waals surface area contributed by atoms with Gasteiger partial charge in [0.25, 0.3) is 5.91 Å². The van der Waals surface area contributed by atoms with Gasteiger partial charge in [0.05, 0.1) is 5.69 Å². The van der Waals surface area contributed by atoms with Crippen molar-refractivity contribution in [1.82, 2.24) is 14.7 Å². The van der Waals surface area contributed by atoms with Crippen LogP contribution in [0.2, 0.25) is 0 Å². The largest absolute Gasteiger partial charge is 0.348 e. The molecule has 3 rings (SSSR count). The van der Waals surface area contributed by atoms with E-state index >= 15 is 0 Å². The van der Waals surface area contributed by atoms with Gasteiger partial charge >= 0.3 is 0 Å². The van der Waals surface area contributed by atoms with Crippen LogP contribution in [0.5, 0.6) is 0 Å². The Morgan fingerprint density at radius 1 is 1.04 bits per heavy atom. The average Bonchev–Trinajstić information content (AvgIpc) is 3.01. The molecule has 1 N–H and O–H groups in total. The van der Waals surface area contributed by atoms with Gasteiger partial charge in [0, 0.05) is 12.2 Å². The van der Waals surface area contributed by atoms with Crippen LogP contribution < -0.4 is 5.32 Å². The van der Waals surface area contributed by atoms with Gasteiger partial charge in [-0.15, -0.1) is 0 Å². The third-order valence-corrected chi connectivity index (χ3v) is 5.83. The van der Waals surface area contributed by atoms with Crippen LogP contribution in [0, 0.1) is 6.92 Å². The lowest BCUT2D eigenvalue weighted by Gasteiger charge is -2.20. The molecule has 0 bridgehead atoms. The minimum Gasteiger partial charge on any atom is -0.348 e. The summed E-state index contributed by atoms with van der Waals surface area (Å²) in [6.45, 7) is 4.13. The van der Waals surface area contributed by atoms with E-state index < -0.39 is 0 Å². The number of aromatic nitrogens is 2. The number of nitrogens with zero attached hydrogens (tertiary/aromatic N) is 2. The number of nitrogens with one attached hydrogen (secondary N) is 1. The van der Waals surface area contributed by atoms with Gasteiger partial charge in [-0.3, -0.25) is 9.20 Å². The zero-order chi connectivity index (χ0) is 19.1. The minimum atomic E-state index is 0.0436. The molecule has 27 heavy (non-hydrogen) atoms. The summed E-state index contributed by atoms with van der Waals surface area (Å²) in [5.74, 6) is 0.0436. The van der Waals surface area contributed by atoms with Gasteiger partial charge in [-0.2, -0.15) is 0 Å². The second-order valence-electron chi connectivity index (χ2n) is 8.13. The van der Waals surface area contributed by atoms with E-state index in [0.717, 1.165) is 41.9 Å². The molecule has 4 heteroatoms. The quantitative estimate of drug-likeness (QED) is 0.764. The average molecular weight is 370 g/mol. The van der Waals surface area contributed by atoms with Crippen LogP contribution in [-0.4, -0.2) is 21.3 Å². The monoisotopic (exact) mass is 369 g/mol. The lowest BCUT2D eigenvalue weighted by atomic mass is 9.98. The SMILES string of the molecule is CCc1nc2ccc(C)cn2c1C(=O)NC1CCCCCCCCCCC1. The van der Waals surface area contributed by atoms with Crippen molar-refractivity contribution in [1.29, 1.82) is 0 Å². The smallest absolute Gasteiger partial charge is 0.270 e. The molecule has 1 aliphatic rings. The third-order valence-electron chi connectivity index (χ3n) is 5.83. The van der Waals surface area contributed by atoms with E-state index in [1.165, 1.54) is 57.8 Å². The molecule has 148 valence electrons. The Morgan fingerprint density at radius 2 is 1.63 bits per heavy atom.